The zero-order valence-electron chi connectivity index (χ0n) is 16.9. The molecule has 1 aromatic carbocycles. The van der Waals surface area contributed by atoms with Crippen LogP contribution in [0, 0.1) is 0 Å². The molecule has 3 heterocycles. The summed E-state index contributed by atoms with van der Waals surface area (Å²) < 4.78 is 0. The average molecular weight is 410 g/mol. The fourth-order valence-corrected chi connectivity index (χ4v) is 4.96. The van der Waals surface area contributed by atoms with E-state index in [-0.39, 0.29) is 17.7 Å². The lowest BCUT2D eigenvalue weighted by atomic mass is 9.83. The van der Waals surface area contributed by atoms with Gasteiger partial charge < -0.3 is 10.2 Å². The number of anilines is 1. The predicted molar refractivity (Wildman–Crippen MR) is 113 cm³/mol. The molecule has 7 heteroatoms. The highest BCUT2D eigenvalue weighted by Crippen LogP contribution is 2.46. The maximum atomic E-state index is 12.9. The van der Waals surface area contributed by atoms with Crippen molar-refractivity contribution in [3.63, 3.8) is 0 Å². The van der Waals surface area contributed by atoms with Crippen molar-refractivity contribution in [2.75, 3.05) is 18.5 Å². The molecule has 2 aliphatic heterocycles. The minimum atomic E-state index is -1.13. The number of benzene rings is 1. The first-order chi connectivity index (χ1) is 13.7. The number of thiophene rings is 1. The predicted octanol–water partition coefficient (Wildman–Crippen LogP) is 3.40. The number of rotatable bonds is 4. The molecule has 29 heavy (non-hydrogen) atoms. The zero-order chi connectivity index (χ0) is 21.0. The highest BCUT2D eigenvalue weighted by Gasteiger charge is 2.49. The third kappa shape index (κ3) is 2.88. The van der Waals surface area contributed by atoms with Crippen LogP contribution < -0.4 is 10.2 Å². The molecule has 0 saturated carbocycles. The summed E-state index contributed by atoms with van der Waals surface area (Å²) in [6, 6.07) is 9.29. The third-order valence-electron chi connectivity index (χ3n) is 5.93. The average Bonchev–Trinajstić information content (AvgIpc) is 3.34. The fourth-order valence-electron chi connectivity index (χ4n) is 4.20. The van der Waals surface area contributed by atoms with Crippen molar-refractivity contribution in [1.29, 1.82) is 0 Å². The van der Waals surface area contributed by atoms with Gasteiger partial charge in [0.1, 0.15) is 5.54 Å². The number of likely N-dealkylation sites (N-methyl/N-ethyl adjacent to an activating group) is 1. The van der Waals surface area contributed by atoms with Crippen LogP contribution in [-0.4, -0.2) is 36.2 Å². The van der Waals surface area contributed by atoms with Crippen LogP contribution >= 0.6 is 11.3 Å². The van der Waals surface area contributed by atoms with Crippen molar-refractivity contribution in [2.45, 2.75) is 31.7 Å². The number of carbonyl (C=O) groups is 3. The summed E-state index contributed by atoms with van der Waals surface area (Å²) in [5.74, 6) is -0.694. The van der Waals surface area contributed by atoms with E-state index >= 15 is 0 Å². The van der Waals surface area contributed by atoms with Crippen LogP contribution in [-0.2, 0) is 20.5 Å². The minimum absolute atomic E-state index is 0.284. The number of amides is 3. The Hall–Kier alpha value is -2.93. The van der Waals surface area contributed by atoms with Gasteiger partial charge in [0.15, 0.2) is 5.78 Å². The van der Waals surface area contributed by atoms with E-state index in [1.165, 1.54) is 11.3 Å². The molecule has 0 aliphatic carbocycles. The van der Waals surface area contributed by atoms with Crippen molar-refractivity contribution in [3.05, 3.63) is 64.0 Å². The molecule has 1 aromatic heterocycles. The molecule has 3 amide bonds. The monoisotopic (exact) mass is 409 g/mol. The van der Waals surface area contributed by atoms with E-state index < -0.39 is 17.5 Å². The summed E-state index contributed by atoms with van der Waals surface area (Å²) in [4.78, 5) is 41.2. The Morgan fingerprint density at radius 3 is 2.55 bits per heavy atom. The third-order valence-corrected chi connectivity index (χ3v) is 6.61. The number of fused-ring (bicyclic) bond motifs is 1. The summed E-state index contributed by atoms with van der Waals surface area (Å²) in [6.45, 7) is 5.52. The summed E-state index contributed by atoms with van der Waals surface area (Å²) in [5, 5.41) is 6.42. The van der Waals surface area contributed by atoms with Gasteiger partial charge in [-0.15, -0.1) is 0 Å². The van der Waals surface area contributed by atoms with E-state index in [0.29, 0.717) is 0 Å². The van der Waals surface area contributed by atoms with E-state index in [4.69, 9.17) is 0 Å². The van der Waals surface area contributed by atoms with Crippen molar-refractivity contribution in [3.8, 4) is 0 Å². The Morgan fingerprint density at radius 2 is 1.90 bits per heavy atom. The second-order valence-electron chi connectivity index (χ2n) is 8.16. The molecule has 0 bridgehead atoms. The number of ketones is 1. The molecule has 2 aromatic rings. The quantitative estimate of drug-likeness (QED) is 0.621. The number of imide groups is 1. The molecule has 1 saturated heterocycles. The van der Waals surface area contributed by atoms with Crippen LogP contribution in [0.3, 0.4) is 0 Å². The number of hydrogen-bond acceptors (Lipinski definition) is 5. The number of allylic oxidation sites excluding steroid dienone is 1. The van der Waals surface area contributed by atoms with Crippen LogP contribution in [0.5, 0.6) is 0 Å². The number of para-hydroxylation sites is 1. The topological polar surface area (TPSA) is 69.7 Å². The Labute approximate surface area is 173 Å². The molecule has 150 valence electrons. The van der Waals surface area contributed by atoms with Gasteiger partial charge >= 0.3 is 6.03 Å². The fraction of sp³-hybridized carbons (Fsp3) is 0.318. The molecule has 0 spiro atoms. The van der Waals surface area contributed by atoms with Gasteiger partial charge in [-0.3, -0.25) is 14.5 Å². The van der Waals surface area contributed by atoms with Gasteiger partial charge in [0.25, 0.3) is 5.91 Å². The van der Waals surface area contributed by atoms with Gasteiger partial charge in [0.2, 0.25) is 0 Å². The summed E-state index contributed by atoms with van der Waals surface area (Å²) in [5.41, 5.74) is 2.28. The van der Waals surface area contributed by atoms with Crippen LogP contribution in [0.1, 0.15) is 31.9 Å². The van der Waals surface area contributed by atoms with Crippen molar-refractivity contribution in [1.82, 2.24) is 10.2 Å². The number of nitrogens with zero attached hydrogens (tertiary/aromatic N) is 2. The number of nitrogens with one attached hydrogen (secondary N) is 1. The first kappa shape index (κ1) is 19.4. The Kier molecular flexibility index (Phi) is 4.38. The summed E-state index contributed by atoms with van der Waals surface area (Å²) in [6.07, 6.45) is 1.56. The lowest BCUT2D eigenvalue weighted by Gasteiger charge is -2.24. The summed E-state index contributed by atoms with van der Waals surface area (Å²) in [7, 11) is 1.92. The van der Waals surface area contributed by atoms with E-state index in [0.717, 1.165) is 27.4 Å². The van der Waals surface area contributed by atoms with Gasteiger partial charge in [-0.25, -0.2) is 4.79 Å². The van der Waals surface area contributed by atoms with E-state index in [1.807, 2.05) is 47.0 Å². The zero-order valence-corrected chi connectivity index (χ0v) is 17.7. The van der Waals surface area contributed by atoms with Crippen LogP contribution in [0.25, 0.3) is 0 Å². The van der Waals surface area contributed by atoms with Crippen molar-refractivity contribution < 1.29 is 14.4 Å². The maximum Gasteiger partial charge on any atom is 0.325 e. The largest absolute Gasteiger partial charge is 0.347 e. The number of hydrogen-bond donors (Lipinski definition) is 1. The molecule has 4 rings (SSSR count). The van der Waals surface area contributed by atoms with Crippen molar-refractivity contribution in [2.24, 2.45) is 0 Å². The molecule has 1 unspecified atom stereocenters. The number of carbonyl (C=O) groups excluding carboxylic acids is 3. The van der Waals surface area contributed by atoms with Crippen LogP contribution in [0.2, 0.25) is 0 Å². The molecule has 1 N–H and O–H groups in total. The lowest BCUT2D eigenvalue weighted by Crippen LogP contribution is -2.41. The SMILES string of the molecule is CN1/C(=C\C(=O)CN2C(=O)NC(C)(c3ccsc3)C2=O)C(C)(C)c2ccccc21. The molecular weight excluding hydrogens is 386 g/mol. The van der Waals surface area contributed by atoms with E-state index in [1.54, 1.807) is 13.0 Å². The van der Waals surface area contributed by atoms with E-state index in [9.17, 15) is 14.4 Å². The standard InChI is InChI=1S/C22H23N3O3S/c1-21(2)16-7-5-6-8-17(16)24(4)18(21)11-15(26)12-25-19(27)22(3,23-20(25)28)14-9-10-29-13-14/h5-11,13H,12H2,1-4H3,(H,23,28)/b18-11-. The Balaban J connectivity index is 1.58. The minimum Gasteiger partial charge on any atom is -0.347 e. The van der Waals surface area contributed by atoms with Crippen LogP contribution in [0.4, 0.5) is 10.5 Å². The highest BCUT2D eigenvalue weighted by molar-refractivity contribution is 7.08. The van der Waals surface area contributed by atoms with Gasteiger partial charge in [-0.1, -0.05) is 32.0 Å². The first-order valence-electron chi connectivity index (χ1n) is 9.41. The van der Waals surface area contributed by atoms with Gasteiger partial charge in [0, 0.05) is 29.9 Å². The first-order valence-corrected chi connectivity index (χ1v) is 10.4. The molecule has 1 atom stereocenters. The Bertz CT molecular complexity index is 1040. The second kappa shape index (κ2) is 6.56. The van der Waals surface area contributed by atoms with Crippen molar-refractivity contribution >= 4 is 34.7 Å². The van der Waals surface area contributed by atoms with Crippen LogP contribution in [0.15, 0.2) is 52.9 Å². The second-order valence-corrected chi connectivity index (χ2v) is 8.94. The smallest absolute Gasteiger partial charge is 0.325 e. The van der Waals surface area contributed by atoms with Gasteiger partial charge in [-0.05, 0) is 40.9 Å². The summed E-state index contributed by atoms with van der Waals surface area (Å²) >= 11 is 1.45. The molecule has 1 fully saturated rings. The lowest BCUT2D eigenvalue weighted by molar-refractivity contribution is -0.133. The normalized spacial score (nSPS) is 24.2. The molecule has 6 nitrogen and oxygen atoms in total. The molecule has 0 radical (unpaired) electrons. The molecule has 2 aliphatic rings. The Morgan fingerprint density at radius 1 is 1.17 bits per heavy atom. The highest BCUT2D eigenvalue weighted by atomic mass is 32.1. The number of urea groups is 1. The van der Waals surface area contributed by atoms with E-state index in [2.05, 4.69) is 25.2 Å². The maximum absolute atomic E-state index is 12.9. The van der Waals surface area contributed by atoms with Gasteiger partial charge in [0.05, 0.1) is 6.54 Å². The molecular formula is C22H23N3O3S. The van der Waals surface area contributed by atoms with Gasteiger partial charge in [-0.2, -0.15) is 11.3 Å².